The van der Waals surface area contributed by atoms with Crippen LogP contribution in [0, 0.1) is 0 Å². The number of rotatable bonds is 8. The van der Waals surface area contributed by atoms with Crippen molar-refractivity contribution >= 4 is 5.97 Å². The fourth-order valence-electron chi connectivity index (χ4n) is 1.51. The number of carbonyl (C=O) groups is 1. The summed E-state index contributed by atoms with van der Waals surface area (Å²) in [5.41, 5.74) is 1.10. The number of ether oxygens (including phenoxy) is 1. The van der Waals surface area contributed by atoms with Gasteiger partial charge in [-0.1, -0.05) is 30.3 Å². The molecule has 0 amide bonds. The Morgan fingerprint density at radius 1 is 1.29 bits per heavy atom. The highest BCUT2D eigenvalue weighted by Crippen LogP contribution is 2.08. The van der Waals surface area contributed by atoms with E-state index in [9.17, 15) is 4.79 Å². The highest BCUT2D eigenvalue weighted by molar-refractivity contribution is 5.72. The number of aliphatic carboxylic acids is 1. The molecule has 4 nitrogen and oxygen atoms in total. The standard InChI is InChI=1S/C13H18O4/c14-9-4-10-17-12(13(15)16)8-7-11-5-2-1-3-6-11/h1-3,5-6,12,14H,4,7-10H2,(H,15,16). The van der Waals surface area contributed by atoms with Crippen LogP contribution in [0.1, 0.15) is 18.4 Å². The molecule has 0 spiro atoms. The number of carboxylic acids is 1. The quantitative estimate of drug-likeness (QED) is 0.673. The molecular weight excluding hydrogens is 220 g/mol. The Labute approximate surface area is 101 Å². The van der Waals surface area contributed by atoms with Gasteiger partial charge in [0.25, 0.3) is 0 Å². The molecule has 0 aliphatic heterocycles. The lowest BCUT2D eigenvalue weighted by Gasteiger charge is -2.13. The van der Waals surface area contributed by atoms with Gasteiger partial charge >= 0.3 is 5.97 Å². The lowest BCUT2D eigenvalue weighted by Crippen LogP contribution is -2.25. The molecule has 0 radical (unpaired) electrons. The number of aliphatic hydroxyl groups is 1. The van der Waals surface area contributed by atoms with E-state index in [2.05, 4.69) is 0 Å². The second kappa shape index (κ2) is 7.81. The number of aryl methyl sites for hydroxylation is 1. The molecule has 0 fully saturated rings. The second-order valence-corrected chi connectivity index (χ2v) is 3.80. The van der Waals surface area contributed by atoms with E-state index in [1.165, 1.54) is 0 Å². The molecule has 0 aliphatic rings. The van der Waals surface area contributed by atoms with Gasteiger partial charge in [-0.15, -0.1) is 0 Å². The summed E-state index contributed by atoms with van der Waals surface area (Å²) in [6, 6.07) is 9.71. The predicted octanol–water partition coefficient (Wildman–Crippen LogP) is 1.47. The van der Waals surface area contributed by atoms with Gasteiger partial charge in [-0.2, -0.15) is 0 Å². The van der Waals surface area contributed by atoms with E-state index < -0.39 is 12.1 Å². The largest absolute Gasteiger partial charge is 0.479 e. The van der Waals surface area contributed by atoms with Crippen molar-refractivity contribution in [2.75, 3.05) is 13.2 Å². The minimum atomic E-state index is -0.945. The second-order valence-electron chi connectivity index (χ2n) is 3.80. The van der Waals surface area contributed by atoms with Gasteiger partial charge in [0.05, 0.1) is 0 Å². The Bertz CT molecular complexity index is 323. The molecule has 1 unspecified atom stereocenters. The summed E-state index contributed by atoms with van der Waals surface area (Å²) in [6.07, 6.45) is 0.804. The molecule has 0 heterocycles. The highest BCUT2D eigenvalue weighted by Gasteiger charge is 2.17. The van der Waals surface area contributed by atoms with Gasteiger partial charge in [-0.25, -0.2) is 4.79 Å². The molecule has 17 heavy (non-hydrogen) atoms. The Morgan fingerprint density at radius 3 is 2.59 bits per heavy atom. The van der Waals surface area contributed by atoms with Crippen molar-refractivity contribution in [1.82, 2.24) is 0 Å². The minimum Gasteiger partial charge on any atom is -0.479 e. The summed E-state index contributed by atoms with van der Waals surface area (Å²) in [5, 5.41) is 17.6. The summed E-state index contributed by atoms with van der Waals surface area (Å²) in [4.78, 5) is 10.9. The van der Waals surface area contributed by atoms with Crippen LogP contribution in [-0.4, -0.2) is 35.5 Å². The third kappa shape index (κ3) is 5.47. The van der Waals surface area contributed by atoms with Crippen LogP contribution in [-0.2, 0) is 16.0 Å². The van der Waals surface area contributed by atoms with Crippen LogP contribution in [0.2, 0.25) is 0 Å². The van der Waals surface area contributed by atoms with E-state index in [0.717, 1.165) is 5.56 Å². The van der Waals surface area contributed by atoms with Gasteiger partial charge in [-0.3, -0.25) is 0 Å². The van der Waals surface area contributed by atoms with Crippen molar-refractivity contribution in [3.8, 4) is 0 Å². The van der Waals surface area contributed by atoms with Crippen LogP contribution in [0.15, 0.2) is 30.3 Å². The van der Waals surface area contributed by atoms with Gasteiger partial charge in [0, 0.05) is 13.2 Å². The Hall–Kier alpha value is -1.39. The number of carboxylic acid groups (broad SMARTS) is 1. The molecule has 1 rings (SSSR count). The monoisotopic (exact) mass is 238 g/mol. The normalized spacial score (nSPS) is 12.3. The molecule has 1 atom stereocenters. The minimum absolute atomic E-state index is 0.0189. The first-order valence-electron chi connectivity index (χ1n) is 5.73. The first kappa shape index (κ1) is 13.7. The van der Waals surface area contributed by atoms with E-state index in [0.29, 0.717) is 19.3 Å². The van der Waals surface area contributed by atoms with E-state index in [1.54, 1.807) is 0 Å². The highest BCUT2D eigenvalue weighted by atomic mass is 16.5. The molecule has 0 saturated heterocycles. The van der Waals surface area contributed by atoms with Crippen molar-refractivity contribution in [2.45, 2.75) is 25.4 Å². The molecule has 0 bridgehead atoms. The molecule has 4 heteroatoms. The summed E-state index contributed by atoms with van der Waals surface area (Å²) >= 11 is 0. The molecule has 94 valence electrons. The smallest absolute Gasteiger partial charge is 0.332 e. The van der Waals surface area contributed by atoms with Crippen LogP contribution in [0.3, 0.4) is 0 Å². The third-order valence-corrected chi connectivity index (χ3v) is 2.43. The summed E-state index contributed by atoms with van der Waals surface area (Å²) in [5.74, 6) is -0.945. The average Bonchev–Trinajstić information content (AvgIpc) is 2.34. The first-order valence-corrected chi connectivity index (χ1v) is 5.73. The van der Waals surface area contributed by atoms with Gasteiger partial charge in [0.15, 0.2) is 6.10 Å². The molecular formula is C13H18O4. The lowest BCUT2D eigenvalue weighted by molar-refractivity contribution is -0.151. The third-order valence-electron chi connectivity index (χ3n) is 2.43. The fraction of sp³-hybridized carbons (Fsp3) is 0.462. The maximum absolute atomic E-state index is 10.9. The average molecular weight is 238 g/mol. The van der Waals surface area contributed by atoms with Gasteiger partial charge < -0.3 is 14.9 Å². The van der Waals surface area contributed by atoms with E-state index in [1.807, 2.05) is 30.3 Å². The fourth-order valence-corrected chi connectivity index (χ4v) is 1.51. The Kier molecular flexibility index (Phi) is 6.29. The number of aliphatic hydroxyl groups excluding tert-OH is 1. The predicted molar refractivity (Wildman–Crippen MR) is 63.8 cm³/mol. The van der Waals surface area contributed by atoms with E-state index in [4.69, 9.17) is 14.9 Å². The lowest BCUT2D eigenvalue weighted by atomic mass is 10.1. The van der Waals surface area contributed by atoms with Gasteiger partial charge in [0.2, 0.25) is 0 Å². The molecule has 1 aromatic rings. The molecule has 0 aromatic heterocycles. The molecule has 0 aliphatic carbocycles. The molecule has 1 aromatic carbocycles. The van der Waals surface area contributed by atoms with Crippen molar-refractivity contribution in [3.05, 3.63) is 35.9 Å². The van der Waals surface area contributed by atoms with Crippen molar-refractivity contribution in [2.24, 2.45) is 0 Å². The zero-order valence-electron chi connectivity index (χ0n) is 9.71. The number of hydrogen-bond acceptors (Lipinski definition) is 3. The van der Waals surface area contributed by atoms with Crippen LogP contribution in [0.5, 0.6) is 0 Å². The molecule has 2 N–H and O–H groups in total. The Balaban J connectivity index is 2.36. The summed E-state index contributed by atoms with van der Waals surface area (Å²) in [7, 11) is 0. The maximum atomic E-state index is 10.9. The Morgan fingerprint density at radius 2 is 2.00 bits per heavy atom. The van der Waals surface area contributed by atoms with Crippen molar-refractivity contribution in [1.29, 1.82) is 0 Å². The van der Waals surface area contributed by atoms with E-state index >= 15 is 0 Å². The number of benzene rings is 1. The van der Waals surface area contributed by atoms with E-state index in [-0.39, 0.29) is 13.2 Å². The summed E-state index contributed by atoms with van der Waals surface area (Å²) in [6.45, 7) is 0.299. The van der Waals surface area contributed by atoms with Gasteiger partial charge in [0.1, 0.15) is 0 Å². The van der Waals surface area contributed by atoms with Crippen LogP contribution in [0.4, 0.5) is 0 Å². The molecule has 0 saturated carbocycles. The zero-order chi connectivity index (χ0) is 12.5. The SMILES string of the molecule is O=C(O)C(CCc1ccccc1)OCCCO. The van der Waals surface area contributed by atoms with Crippen molar-refractivity contribution in [3.63, 3.8) is 0 Å². The summed E-state index contributed by atoms with van der Waals surface area (Å²) < 4.78 is 5.21. The van der Waals surface area contributed by atoms with Crippen molar-refractivity contribution < 1.29 is 19.7 Å². The van der Waals surface area contributed by atoms with Crippen LogP contribution < -0.4 is 0 Å². The number of hydrogen-bond donors (Lipinski definition) is 2. The van der Waals surface area contributed by atoms with Gasteiger partial charge in [-0.05, 0) is 24.8 Å². The maximum Gasteiger partial charge on any atom is 0.332 e. The first-order chi connectivity index (χ1) is 8.24. The zero-order valence-corrected chi connectivity index (χ0v) is 9.71. The topological polar surface area (TPSA) is 66.8 Å². The van der Waals surface area contributed by atoms with Crippen LogP contribution in [0.25, 0.3) is 0 Å². The van der Waals surface area contributed by atoms with Crippen LogP contribution >= 0.6 is 0 Å².